The SMILES string of the molecule is CC(C)(C)c1ccc(NC(=O)NCCOc2ccccc2Cl)cc1. The van der Waals surface area contributed by atoms with Crippen molar-refractivity contribution in [1.29, 1.82) is 0 Å². The molecule has 24 heavy (non-hydrogen) atoms. The van der Waals surface area contributed by atoms with Crippen LogP contribution in [0.25, 0.3) is 0 Å². The Hall–Kier alpha value is -2.20. The number of nitrogens with one attached hydrogen (secondary N) is 2. The second-order valence-electron chi connectivity index (χ2n) is 6.49. The van der Waals surface area contributed by atoms with Crippen molar-refractivity contribution in [3.8, 4) is 5.75 Å². The van der Waals surface area contributed by atoms with Gasteiger partial charge in [-0.2, -0.15) is 0 Å². The summed E-state index contributed by atoms with van der Waals surface area (Å²) >= 11 is 5.99. The number of para-hydroxylation sites is 1. The summed E-state index contributed by atoms with van der Waals surface area (Å²) in [5.74, 6) is 0.610. The van der Waals surface area contributed by atoms with Gasteiger partial charge in [-0.3, -0.25) is 0 Å². The fourth-order valence-electron chi connectivity index (χ4n) is 2.12. The first-order chi connectivity index (χ1) is 11.4. The maximum Gasteiger partial charge on any atom is 0.319 e. The van der Waals surface area contributed by atoms with E-state index in [9.17, 15) is 4.79 Å². The summed E-state index contributed by atoms with van der Waals surface area (Å²) in [5, 5.41) is 6.10. The van der Waals surface area contributed by atoms with Crippen LogP contribution in [-0.4, -0.2) is 19.2 Å². The smallest absolute Gasteiger partial charge is 0.319 e. The van der Waals surface area contributed by atoms with E-state index >= 15 is 0 Å². The number of halogens is 1. The highest BCUT2D eigenvalue weighted by Crippen LogP contribution is 2.24. The quantitative estimate of drug-likeness (QED) is 0.761. The van der Waals surface area contributed by atoms with E-state index in [1.54, 1.807) is 12.1 Å². The first-order valence-electron chi connectivity index (χ1n) is 7.89. The molecule has 0 heterocycles. The molecule has 4 nitrogen and oxygen atoms in total. The number of anilines is 1. The Labute approximate surface area is 148 Å². The van der Waals surface area contributed by atoms with Crippen LogP contribution in [0.3, 0.4) is 0 Å². The van der Waals surface area contributed by atoms with Gasteiger partial charge >= 0.3 is 6.03 Å². The second kappa shape index (κ2) is 8.06. The maximum absolute atomic E-state index is 11.9. The fourth-order valence-corrected chi connectivity index (χ4v) is 2.31. The van der Waals surface area contributed by atoms with Gasteiger partial charge in [0.25, 0.3) is 0 Å². The minimum absolute atomic E-state index is 0.0941. The number of carbonyl (C=O) groups is 1. The molecule has 0 spiro atoms. The molecule has 128 valence electrons. The molecule has 0 bridgehead atoms. The molecule has 0 aliphatic heterocycles. The van der Waals surface area contributed by atoms with Crippen LogP contribution in [0.1, 0.15) is 26.3 Å². The molecule has 5 heteroatoms. The van der Waals surface area contributed by atoms with Crippen molar-refractivity contribution in [2.75, 3.05) is 18.5 Å². The fraction of sp³-hybridized carbons (Fsp3) is 0.316. The Morgan fingerprint density at radius 2 is 1.75 bits per heavy atom. The lowest BCUT2D eigenvalue weighted by molar-refractivity contribution is 0.247. The third-order valence-corrected chi connectivity index (χ3v) is 3.80. The number of rotatable bonds is 5. The zero-order valence-electron chi connectivity index (χ0n) is 14.2. The van der Waals surface area contributed by atoms with E-state index in [-0.39, 0.29) is 11.4 Å². The van der Waals surface area contributed by atoms with Crippen molar-refractivity contribution in [1.82, 2.24) is 5.32 Å². The largest absolute Gasteiger partial charge is 0.490 e. The van der Waals surface area contributed by atoms with Gasteiger partial charge in [-0.05, 0) is 35.2 Å². The Bertz CT molecular complexity index is 679. The summed E-state index contributed by atoms with van der Waals surface area (Å²) in [5.41, 5.74) is 2.07. The third-order valence-electron chi connectivity index (χ3n) is 3.49. The molecule has 2 aromatic carbocycles. The van der Waals surface area contributed by atoms with Gasteiger partial charge < -0.3 is 15.4 Å². The number of ether oxygens (including phenoxy) is 1. The number of benzene rings is 2. The highest BCUT2D eigenvalue weighted by atomic mass is 35.5. The zero-order valence-corrected chi connectivity index (χ0v) is 15.0. The number of hydrogen-bond donors (Lipinski definition) is 2. The van der Waals surface area contributed by atoms with E-state index in [2.05, 4.69) is 31.4 Å². The van der Waals surface area contributed by atoms with Gasteiger partial charge in [-0.1, -0.05) is 56.6 Å². The van der Waals surface area contributed by atoms with E-state index in [1.165, 1.54) is 5.56 Å². The maximum atomic E-state index is 11.9. The molecule has 0 aliphatic rings. The van der Waals surface area contributed by atoms with Crippen molar-refractivity contribution >= 4 is 23.3 Å². The lowest BCUT2D eigenvalue weighted by atomic mass is 9.87. The van der Waals surface area contributed by atoms with Crippen molar-refractivity contribution in [3.05, 3.63) is 59.1 Å². The Morgan fingerprint density at radius 3 is 2.38 bits per heavy atom. The van der Waals surface area contributed by atoms with Gasteiger partial charge in [-0.15, -0.1) is 0 Å². The summed E-state index contributed by atoms with van der Waals surface area (Å²) in [6.45, 7) is 7.20. The lowest BCUT2D eigenvalue weighted by Gasteiger charge is -2.19. The van der Waals surface area contributed by atoms with Crippen LogP contribution in [0.5, 0.6) is 5.75 Å². The minimum atomic E-state index is -0.263. The predicted octanol–water partition coefficient (Wildman–Crippen LogP) is 4.84. The van der Waals surface area contributed by atoms with E-state index in [0.717, 1.165) is 5.69 Å². The molecule has 2 N–H and O–H groups in total. The average molecular weight is 347 g/mol. The molecule has 2 rings (SSSR count). The van der Waals surface area contributed by atoms with Crippen LogP contribution in [0.4, 0.5) is 10.5 Å². The molecule has 0 aromatic heterocycles. The van der Waals surface area contributed by atoms with Crippen LogP contribution in [0.15, 0.2) is 48.5 Å². The average Bonchev–Trinajstić information content (AvgIpc) is 2.53. The number of carbonyl (C=O) groups excluding carboxylic acids is 1. The van der Waals surface area contributed by atoms with Crippen LogP contribution in [0, 0.1) is 0 Å². The standard InChI is InChI=1S/C19H23ClN2O2/c1-19(2,3)14-8-10-15(11-9-14)22-18(23)21-12-13-24-17-7-5-4-6-16(17)20/h4-11H,12-13H2,1-3H3,(H2,21,22,23). The van der Waals surface area contributed by atoms with Gasteiger partial charge in [0.1, 0.15) is 12.4 Å². The van der Waals surface area contributed by atoms with Gasteiger partial charge in [0.2, 0.25) is 0 Å². The summed E-state index contributed by atoms with van der Waals surface area (Å²) in [4.78, 5) is 11.9. The van der Waals surface area contributed by atoms with Gasteiger partial charge in [0.05, 0.1) is 11.6 Å². The van der Waals surface area contributed by atoms with Crippen LogP contribution < -0.4 is 15.4 Å². The minimum Gasteiger partial charge on any atom is -0.490 e. The number of amides is 2. The Balaban J connectivity index is 1.74. The Kier molecular flexibility index (Phi) is 6.10. The third kappa shape index (κ3) is 5.46. The molecule has 0 fully saturated rings. The molecular formula is C19H23ClN2O2. The number of urea groups is 1. The van der Waals surface area contributed by atoms with Crippen LogP contribution >= 0.6 is 11.6 Å². The van der Waals surface area contributed by atoms with E-state index in [1.807, 2.05) is 36.4 Å². The van der Waals surface area contributed by atoms with Gasteiger partial charge in [-0.25, -0.2) is 4.79 Å². The molecule has 2 amide bonds. The van der Waals surface area contributed by atoms with E-state index in [0.29, 0.717) is 23.9 Å². The molecule has 0 unspecified atom stereocenters. The van der Waals surface area contributed by atoms with Crippen molar-refractivity contribution in [2.24, 2.45) is 0 Å². The summed E-state index contributed by atoms with van der Waals surface area (Å²) < 4.78 is 5.52. The lowest BCUT2D eigenvalue weighted by Crippen LogP contribution is -2.32. The van der Waals surface area contributed by atoms with Crippen molar-refractivity contribution in [3.63, 3.8) is 0 Å². The highest BCUT2D eigenvalue weighted by molar-refractivity contribution is 6.32. The molecule has 0 radical (unpaired) electrons. The van der Waals surface area contributed by atoms with Crippen molar-refractivity contribution in [2.45, 2.75) is 26.2 Å². The number of hydrogen-bond acceptors (Lipinski definition) is 2. The predicted molar refractivity (Wildman–Crippen MR) is 99.1 cm³/mol. The highest BCUT2D eigenvalue weighted by Gasteiger charge is 2.13. The monoisotopic (exact) mass is 346 g/mol. The summed E-state index contributed by atoms with van der Waals surface area (Å²) in [7, 11) is 0. The summed E-state index contributed by atoms with van der Waals surface area (Å²) in [6.07, 6.45) is 0. The topological polar surface area (TPSA) is 50.4 Å². The molecular weight excluding hydrogens is 324 g/mol. The molecule has 0 atom stereocenters. The van der Waals surface area contributed by atoms with Gasteiger partial charge in [0.15, 0.2) is 0 Å². The van der Waals surface area contributed by atoms with Crippen LogP contribution in [0.2, 0.25) is 5.02 Å². The van der Waals surface area contributed by atoms with E-state index in [4.69, 9.17) is 16.3 Å². The Morgan fingerprint density at radius 1 is 1.08 bits per heavy atom. The second-order valence-corrected chi connectivity index (χ2v) is 6.89. The van der Waals surface area contributed by atoms with Gasteiger partial charge in [0, 0.05) is 5.69 Å². The molecule has 0 saturated carbocycles. The molecule has 0 aliphatic carbocycles. The normalized spacial score (nSPS) is 11.0. The van der Waals surface area contributed by atoms with Crippen molar-refractivity contribution < 1.29 is 9.53 Å². The zero-order chi connectivity index (χ0) is 17.6. The first-order valence-corrected chi connectivity index (χ1v) is 8.27. The molecule has 0 saturated heterocycles. The summed E-state index contributed by atoms with van der Waals surface area (Å²) in [6, 6.07) is 14.8. The first kappa shape index (κ1) is 18.1. The van der Waals surface area contributed by atoms with E-state index < -0.39 is 0 Å². The van der Waals surface area contributed by atoms with Crippen LogP contribution in [-0.2, 0) is 5.41 Å². The molecule has 2 aromatic rings.